The molecule has 0 spiro atoms. The number of hydrogen-bond acceptors (Lipinski definition) is 3. The Kier molecular flexibility index (Phi) is 7.86. The molecule has 1 heterocycles. The summed E-state index contributed by atoms with van der Waals surface area (Å²) in [4.78, 5) is 25.6. The maximum atomic E-state index is 12.4. The van der Waals surface area contributed by atoms with Crippen LogP contribution in [0, 0.1) is 17.8 Å². The topological polar surface area (TPSA) is 58.6 Å². The number of rotatable bonds is 6. The summed E-state index contributed by atoms with van der Waals surface area (Å²) in [5.74, 6) is 1.80. The van der Waals surface area contributed by atoms with Gasteiger partial charge in [-0.15, -0.1) is 0 Å². The van der Waals surface area contributed by atoms with Crippen molar-refractivity contribution in [3.05, 3.63) is 0 Å². The van der Waals surface area contributed by atoms with E-state index in [1.165, 1.54) is 39.2 Å². The number of hydrogen-bond donors (Lipinski definition) is 1. The number of unbranched alkanes of at least 4 members (excludes halogenated alkanes) is 1. The van der Waals surface area contributed by atoms with Crippen LogP contribution in [0.5, 0.6) is 0 Å². The summed E-state index contributed by atoms with van der Waals surface area (Å²) in [5, 5.41) is 3.16. The highest BCUT2D eigenvalue weighted by Crippen LogP contribution is 2.32. The molecule has 1 saturated carbocycles. The molecule has 1 aliphatic heterocycles. The zero-order chi connectivity index (χ0) is 17.4. The average molecular weight is 338 g/mol. The van der Waals surface area contributed by atoms with Gasteiger partial charge in [-0.1, -0.05) is 26.2 Å². The van der Waals surface area contributed by atoms with E-state index in [0.717, 1.165) is 51.2 Å². The minimum absolute atomic E-state index is 0.220. The molecular weight excluding hydrogens is 304 g/mol. The standard InChI is InChI=1S/C19H34N2O3/c1-3-4-5-15-6-8-17(9-7-15)18(22)20-14-16-10-12-21(13-11-16)19(23)24-2/h15-17H,3-14H2,1-2H3,(H,20,22). The number of likely N-dealkylation sites (tertiary alicyclic amines) is 1. The Labute approximate surface area is 146 Å². The quantitative estimate of drug-likeness (QED) is 0.805. The second kappa shape index (κ2) is 9.90. The molecule has 0 aromatic carbocycles. The van der Waals surface area contributed by atoms with Crippen molar-refractivity contribution >= 4 is 12.0 Å². The third-order valence-electron chi connectivity index (χ3n) is 5.80. The third kappa shape index (κ3) is 5.67. The van der Waals surface area contributed by atoms with Gasteiger partial charge in [-0.05, 0) is 50.4 Å². The lowest BCUT2D eigenvalue weighted by molar-refractivity contribution is -0.126. The molecule has 5 nitrogen and oxygen atoms in total. The average Bonchev–Trinajstić information content (AvgIpc) is 2.64. The minimum Gasteiger partial charge on any atom is -0.453 e. The number of carbonyl (C=O) groups excluding carboxylic acids is 2. The van der Waals surface area contributed by atoms with Crippen molar-refractivity contribution in [3.8, 4) is 0 Å². The van der Waals surface area contributed by atoms with Crippen LogP contribution in [0.25, 0.3) is 0 Å². The van der Waals surface area contributed by atoms with Gasteiger partial charge in [0.15, 0.2) is 0 Å². The van der Waals surface area contributed by atoms with Crippen LogP contribution >= 0.6 is 0 Å². The van der Waals surface area contributed by atoms with E-state index in [2.05, 4.69) is 12.2 Å². The van der Waals surface area contributed by atoms with Gasteiger partial charge in [-0.3, -0.25) is 4.79 Å². The molecule has 1 saturated heterocycles. The van der Waals surface area contributed by atoms with Gasteiger partial charge in [0.05, 0.1) is 7.11 Å². The second-order valence-electron chi connectivity index (χ2n) is 7.51. The van der Waals surface area contributed by atoms with E-state index in [1.807, 2.05) is 0 Å². The number of ether oxygens (including phenoxy) is 1. The summed E-state index contributed by atoms with van der Waals surface area (Å²) < 4.78 is 4.75. The summed E-state index contributed by atoms with van der Waals surface area (Å²) in [7, 11) is 1.42. The molecule has 0 aromatic heterocycles. The van der Waals surface area contributed by atoms with Crippen LogP contribution in [0.15, 0.2) is 0 Å². The maximum absolute atomic E-state index is 12.4. The first-order chi connectivity index (χ1) is 11.6. The summed E-state index contributed by atoms with van der Waals surface area (Å²) in [6, 6.07) is 0. The van der Waals surface area contributed by atoms with Crippen molar-refractivity contribution in [1.29, 1.82) is 0 Å². The third-order valence-corrected chi connectivity index (χ3v) is 5.80. The van der Waals surface area contributed by atoms with Gasteiger partial charge in [0.2, 0.25) is 5.91 Å². The zero-order valence-corrected chi connectivity index (χ0v) is 15.4. The van der Waals surface area contributed by atoms with Crippen LogP contribution in [0.4, 0.5) is 4.79 Å². The van der Waals surface area contributed by atoms with Crippen LogP contribution in [-0.4, -0.2) is 43.6 Å². The largest absolute Gasteiger partial charge is 0.453 e. The molecule has 2 rings (SSSR count). The van der Waals surface area contributed by atoms with Gasteiger partial charge < -0.3 is 15.0 Å². The molecule has 1 aliphatic carbocycles. The lowest BCUT2D eigenvalue weighted by Crippen LogP contribution is -2.42. The van der Waals surface area contributed by atoms with Crippen LogP contribution in [0.1, 0.15) is 64.7 Å². The first-order valence-corrected chi connectivity index (χ1v) is 9.74. The zero-order valence-electron chi connectivity index (χ0n) is 15.4. The van der Waals surface area contributed by atoms with Crippen molar-refractivity contribution in [2.45, 2.75) is 64.7 Å². The normalized spacial score (nSPS) is 25.3. The van der Waals surface area contributed by atoms with E-state index < -0.39 is 0 Å². The monoisotopic (exact) mass is 338 g/mol. The van der Waals surface area contributed by atoms with Gasteiger partial charge in [-0.2, -0.15) is 0 Å². The molecule has 2 fully saturated rings. The molecular formula is C19H34N2O3. The summed E-state index contributed by atoms with van der Waals surface area (Å²) in [6.45, 7) is 4.46. The molecule has 2 amide bonds. The molecule has 0 bridgehead atoms. The minimum atomic E-state index is -0.239. The molecule has 0 radical (unpaired) electrons. The Morgan fingerprint density at radius 2 is 1.71 bits per heavy atom. The number of nitrogens with zero attached hydrogens (tertiary/aromatic N) is 1. The Balaban J connectivity index is 1.61. The van der Waals surface area contributed by atoms with Gasteiger partial charge in [0.25, 0.3) is 0 Å². The van der Waals surface area contributed by atoms with Gasteiger partial charge in [-0.25, -0.2) is 4.79 Å². The summed E-state index contributed by atoms with van der Waals surface area (Å²) in [6.07, 6.45) is 10.1. The molecule has 0 atom stereocenters. The van der Waals surface area contributed by atoms with Crippen molar-refractivity contribution in [2.24, 2.45) is 17.8 Å². The van der Waals surface area contributed by atoms with Crippen LogP contribution in [-0.2, 0) is 9.53 Å². The van der Waals surface area contributed by atoms with Crippen LogP contribution < -0.4 is 5.32 Å². The van der Waals surface area contributed by atoms with Crippen molar-refractivity contribution in [3.63, 3.8) is 0 Å². The van der Waals surface area contributed by atoms with E-state index in [9.17, 15) is 9.59 Å². The number of methoxy groups -OCH3 is 1. The van der Waals surface area contributed by atoms with E-state index in [1.54, 1.807) is 4.90 Å². The SMILES string of the molecule is CCCCC1CCC(C(=O)NCC2CCN(C(=O)OC)CC2)CC1. The van der Waals surface area contributed by atoms with E-state index in [-0.39, 0.29) is 17.9 Å². The van der Waals surface area contributed by atoms with E-state index >= 15 is 0 Å². The fourth-order valence-electron chi connectivity index (χ4n) is 4.04. The second-order valence-corrected chi connectivity index (χ2v) is 7.51. The maximum Gasteiger partial charge on any atom is 0.409 e. The van der Waals surface area contributed by atoms with Crippen molar-refractivity contribution in [2.75, 3.05) is 26.7 Å². The first-order valence-electron chi connectivity index (χ1n) is 9.74. The predicted molar refractivity (Wildman–Crippen MR) is 94.7 cm³/mol. The number of nitrogens with one attached hydrogen (secondary N) is 1. The number of carbonyl (C=O) groups is 2. The predicted octanol–water partition coefficient (Wildman–Crippen LogP) is 3.58. The fourth-order valence-corrected chi connectivity index (χ4v) is 4.04. The fraction of sp³-hybridized carbons (Fsp3) is 0.895. The van der Waals surface area contributed by atoms with Crippen LogP contribution in [0.3, 0.4) is 0 Å². The molecule has 0 aromatic rings. The Morgan fingerprint density at radius 1 is 1.04 bits per heavy atom. The lowest BCUT2D eigenvalue weighted by atomic mass is 9.79. The highest BCUT2D eigenvalue weighted by atomic mass is 16.5. The molecule has 24 heavy (non-hydrogen) atoms. The van der Waals surface area contributed by atoms with Gasteiger partial charge in [0.1, 0.15) is 0 Å². The first kappa shape index (κ1) is 19.1. The summed E-state index contributed by atoms with van der Waals surface area (Å²) >= 11 is 0. The van der Waals surface area contributed by atoms with Crippen molar-refractivity contribution in [1.82, 2.24) is 10.2 Å². The molecule has 0 unspecified atom stereocenters. The molecule has 1 N–H and O–H groups in total. The van der Waals surface area contributed by atoms with Crippen molar-refractivity contribution < 1.29 is 14.3 Å². The van der Waals surface area contributed by atoms with E-state index in [4.69, 9.17) is 4.74 Å². The summed E-state index contributed by atoms with van der Waals surface area (Å²) in [5.41, 5.74) is 0. The molecule has 138 valence electrons. The smallest absolute Gasteiger partial charge is 0.409 e. The van der Waals surface area contributed by atoms with Gasteiger partial charge >= 0.3 is 6.09 Å². The molecule has 5 heteroatoms. The van der Waals surface area contributed by atoms with E-state index in [0.29, 0.717) is 5.92 Å². The molecule has 2 aliphatic rings. The number of piperidine rings is 1. The van der Waals surface area contributed by atoms with Gasteiger partial charge in [0, 0.05) is 25.6 Å². The Hall–Kier alpha value is -1.26. The highest BCUT2D eigenvalue weighted by molar-refractivity contribution is 5.78. The Morgan fingerprint density at radius 3 is 2.29 bits per heavy atom. The van der Waals surface area contributed by atoms with Crippen LogP contribution in [0.2, 0.25) is 0 Å². The highest BCUT2D eigenvalue weighted by Gasteiger charge is 2.27. The number of amides is 2. The Bertz CT molecular complexity index is 397. The lowest BCUT2D eigenvalue weighted by Gasteiger charge is -2.32.